The third kappa shape index (κ3) is 4.17. The Morgan fingerprint density at radius 3 is 2.35 bits per heavy atom. The molecule has 3 heterocycles. The van der Waals surface area contributed by atoms with Crippen molar-refractivity contribution < 1.29 is 27.2 Å². The highest BCUT2D eigenvalue weighted by Gasteiger charge is 2.31. The van der Waals surface area contributed by atoms with Gasteiger partial charge in [0.15, 0.2) is 5.58 Å². The SMILES string of the molecule is CC(=O)N1CCN(C(=O)c2cc3oc(C)cc3n2Cc2cccc(C(F)(F)F)c2)CC1. The summed E-state index contributed by atoms with van der Waals surface area (Å²) in [5.41, 5.74) is 1.21. The van der Waals surface area contributed by atoms with Gasteiger partial charge in [-0.15, -0.1) is 0 Å². The van der Waals surface area contributed by atoms with Crippen molar-refractivity contribution in [1.29, 1.82) is 0 Å². The lowest BCUT2D eigenvalue weighted by atomic mass is 10.1. The van der Waals surface area contributed by atoms with Crippen LogP contribution in [0.2, 0.25) is 0 Å². The molecule has 0 atom stereocenters. The molecular formula is C22H22F3N3O3. The number of aromatic nitrogens is 1. The van der Waals surface area contributed by atoms with Gasteiger partial charge >= 0.3 is 6.18 Å². The largest absolute Gasteiger partial charge is 0.460 e. The lowest BCUT2D eigenvalue weighted by Crippen LogP contribution is -2.50. The first kappa shape index (κ1) is 21.0. The van der Waals surface area contributed by atoms with Crippen molar-refractivity contribution in [3.8, 4) is 0 Å². The smallest absolute Gasteiger partial charge is 0.416 e. The minimum atomic E-state index is -4.44. The molecule has 0 bridgehead atoms. The van der Waals surface area contributed by atoms with Crippen molar-refractivity contribution in [2.75, 3.05) is 26.2 Å². The molecule has 1 fully saturated rings. The summed E-state index contributed by atoms with van der Waals surface area (Å²) >= 11 is 0. The number of carbonyl (C=O) groups excluding carboxylic acids is 2. The summed E-state index contributed by atoms with van der Waals surface area (Å²) in [4.78, 5) is 28.1. The Morgan fingerprint density at radius 1 is 1.03 bits per heavy atom. The highest BCUT2D eigenvalue weighted by molar-refractivity contribution is 5.98. The number of hydrogen-bond donors (Lipinski definition) is 0. The Bertz CT molecular complexity index is 1140. The highest BCUT2D eigenvalue weighted by Crippen LogP contribution is 2.31. The number of piperazine rings is 1. The fraction of sp³-hybridized carbons (Fsp3) is 0.364. The van der Waals surface area contributed by atoms with Crippen LogP contribution in [0.1, 0.15) is 34.3 Å². The predicted octanol–water partition coefficient (Wildman–Crippen LogP) is 3.91. The normalized spacial score (nSPS) is 15.0. The van der Waals surface area contributed by atoms with E-state index >= 15 is 0 Å². The van der Waals surface area contributed by atoms with E-state index in [-0.39, 0.29) is 18.4 Å². The molecule has 1 aromatic carbocycles. The van der Waals surface area contributed by atoms with Crippen molar-refractivity contribution >= 4 is 22.9 Å². The van der Waals surface area contributed by atoms with E-state index in [0.717, 1.165) is 12.1 Å². The molecule has 31 heavy (non-hydrogen) atoms. The first-order valence-electron chi connectivity index (χ1n) is 9.94. The number of fused-ring (bicyclic) bond motifs is 1. The maximum Gasteiger partial charge on any atom is 0.416 e. The van der Waals surface area contributed by atoms with Gasteiger partial charge in [0.1, 0.15) is 11.5 Å². The van der Waals surface area contributed by atoms with E-state index in [1.165, 1.54) is 13.0 Å². The van der Waals surface area contributed by atoms with Crippen LogP contribution in [0.5, 0.6) is 0 Å². The molecule has 0 aliphatic carbocycles. The lowest BCUT2D eigenvalue weighted by molar-refractivity contribution is -0.137. The van der Waals surface area contributed by atoms with Gasteiger partial charge in [-0.05, 0) is 24.6 Å². The van der Waals surface area contributed by atoms with Crippen LogP contribution in [0, 0.1) is 6.92 Å². The molecule has 6 nitrogen and oxygen atoms in total. The number of aryl methyl sites for hydroxylation is 1. The number of rotatable bonds is 3. The van der Waals surface area contributed by atoms with Crippen LogP contribution in [0.15, 0.2) is 40.8 Å². The summed E-state index contributed by atoms with van der Waals surface area (Å²) in [6.45, 7) is 5.06. The number of benzene rings is 1. The molecule has 164 valence electrons. The van der Waals surface area contributed by atoms with Crippen LogP contribution in [-0.4, -0.2) is 52.4 Å². The van der Waals surface area contributed by atoms with Crippen LogP contribution in [0.3, 0.4) is 0 Å². The molecule has 0 radical (unpaired) electrons. The number of carbonyl (C=O) groups is 2. The number of hydrogen-bond acceptors (Lipinski definition) is 3. The number of halogens is 3. The fourth-order valence-corrected chi connectivity index (χ4v) is 3.93. The Kier molecular flexibility index (Phi) is 5.28. The molecule has 1 aliphatic heterocycles. The first-order valence-corrected chi connectivity index (χ1v) is 9.94. The first-order chi connectivity index (χ1) is 14.6. The zero-order valence-corrected chi connectivity index (χ0v) is 17.2. The third-order valence-corrected chi connectivity index (χ3v) is 5.54. The number of furan rings is 1. The van der Waals surface area contributed by atoms with Crippen molar-refractivity contribution in [2.24, 2.45) is 0 Å². The van der Waals surface area contributed by atoms with Crippen LogP contribution < -0.4 is 0 Å². The Labute approximate surface area is 176 Å². The van der Waals surface area contributed by atoms with E-state index in [1.54, 1.807) is 39.5 Å². The van der Waals surface area contributed by atoms with Crippen LogP contribution in [-0.2, 0) is 17.5 Å². The second-order valence-corrected chi connectivity index (χ2v) is 7.72. The van der Waals surface area contributed by atoms with Gasteiger partial charge in [-0.2, -0.15) is 13.2 Å². The van der Waals surface area contributed by atoms with E-state index in [2.05, 4.69) is 0 Å². The van der Waals surface area contributed by atoms with Crippen LogP contribution >= 0.6 is 0 Å². The minimum absolute atomic E-state index is 0.0343. The van der Waals surface area contributed by atoms with Gasteiger partial charge < -0.3 is 18.8 Å². The Hall–Kier alpha value is -3.23. The van der Waals surface area contributed by atoms with E-state index < -0.39 is 11.7 Å². The van der Waals surface area contributed by atoms with Crippen molar-refractivity contribution in [1.82, 2.24) is 14.4 Å². The molecule has 2 aromatic heterocycles. The van der Waals surface area contributed by atoms with E-state index in [4.69, 9.17) is 4.42 Å². The summed E-state index contributed by atoms with van der Waals surface area (Å²) in [5, 5.41) is 0. The van der Waals surface area contributed by atoms with Gasteiger partial charge in [0.2, 0.25) is 5.91 Å². The minimum Gasteiger partial charge on any atom is -0.460 e. The number of alkyl halides is 3. The second-order valence-electron chi connectivity index (χ2n) is 7.72. The molecule has 0 spiro atoms. The molecule has 0 N–H and O–H groups in total. The van der Waals surface area contributed by atoms with Gasteiger partial charge in [0.25, 0.3) is 5.91 Å². The average molecular weight is 433 g/mol. The van der Waals surface area contributed by atoms with E-state index in [9.17, 15) is 22.8 Å². The molecule has 3 aromatic rings. The summed E-state index contributed by atoms with van der Waals surface area (Å²) in [5.74, 6) is 0.379. The molecule has 0 unspecified atom stereocenters. The summed E-state index contributed by atoms with van der Waals surface area (Å²) in [7, 11) is 0. The number of nitrogens with zero attached hydrogens (tertiary/aromatic N) is 3. The fourth-order valence-electron chi connectivity index (χ4n) is 3.93. The molecule has 2 amide bonds. The van der Waals surface area contributed by atoms with Crippen molar-refractivity contribution in [2.45, 2.75) is 26.6 Å². The standard InChI is InChI=1S/C22H22F3N3O3/c1-14-10-18-20(31-14)12-19(21(30)27-8-6-26(7-9-27)15(2)29)28(18)13-16-4-3-5-17(11-16)22(23,24)25/h3-5,10-12H,6-9,13H2,1-2H3. The van der Waals surface area contributed by atoms with Gasteiger partial charge in [-0.25, -0.2) is 0 Å². The monoisotopic (exact) mass is 433 g/mol. The lowest BCUT2D eigenvalue weighted by Gasteiger charge is -2.34. The maximum atomic E-state index is 13.2. The quantitative estimate of drug-likeness (QED) is 0.629. The molecule has 9 heteroatoms. The van der Waals surface area contributed by atoms with Crippen molar-refractivity contribution in [3.63, 3.8) is 0 Å². The maximum absolute atomic E-state index is 13.2. The molecule has 0 saturated carbocycles. The van der Waals surface area contributed by atoms with Crippen molar-refractivity contribution in [3.05, 3.63) is 59.0 Å². The summed E-state index contributed by atoms with van der Waals surface area (Å²) < 4.78 is 46.8. The van der Waals surface area contributed by atoms with Crippen LogP contribution in [0.25, 0.3) is 11.1 Å². The average Bonchev–Trinajstić information content (AvgIpc) is 3.24. The van der Waals surface area contributed by atoms with Gasteiger partial charge in [0, 0.05) is 51.8 Å². The zero-order chi connectivity index (χ0) is 22.3. The third-order valence-electron chi connectivity index (χ3n) is 5.54. The summed E-state index contributed by atoms with van der Waals surface area (Å²) in [6.07, 6.45) is -4.44. The van der Waals surface area contributed by atoms with Gasteiger partial charge in [-0.1, -0.05) is 12.1 Å². The molecule has 1 saturated heterocycles. The van der Waals surface area contributed by atoms with E-state index in [1.807, 2.05) is 0 Å². The Morgan fingerprint density at radius 2 is 1.71 bits per heavy atom. The topological polar surface area (TPSA) is 58.7 Å². The predicted molar refractivity (Wildman–Crippen MR) is 108 cm³/mol. The number of amides is 2. The highest BCUT2D eigenvalue weighted by atomic mass is 19.4. The zero-order valence-electron chi connectivity index (χ0n) is 17.2. The molecular weight excluding hydrogens is 411 g/mol. The molecule has 1 aliphatic rings. The molecule has 4 rings (SSSR count). The Balaban J connectivity index is 1.66. The second kappa shape index (κ2) is 7.79. The summed E-state index contributed by atoms with van der Waals surface area (Å²) in [6, 6.07) is 8.49. The van der Waals surface area contributed by atoms with E-state index in [0.29, 0.717) is 54.3 Å². The van der Waals surface area contributed by atoms with Gasteiger partial charge in [0.05, 0.1) is 11.1 Å². The van der Waals surface area contributed by atoms with Crippen LogP contribution in [0.4, 0.5) is 13.2 Å². The van der Waals surface area contributed by atoms with Gasteiger partial charge in [-0.3, -0.25) is 9.59 Å².